The molecule has 0 aliphatic heterocycles. The smallest absolute Gasteiger partial charge is 0.141 e. The van der Waals surface area contributed by atoms with Crippen molar-refractivity contribution in [2.45, 2.75) is 32.8 Å². The summed E-state index contributed by atoms with van der Waals surface area (Å²) in [4.78, 5) is 4.04. The Kier molecular flexibility index (Phi) is 4.26. The lowest BCUT2D eigenvalue weighted by Gasteiger charge is -2.19. The monoisotopic (exact) mass is 283 g/mol. The molecule has 4 heteroatoms. The number of hydrogen-bond acceptors (Lipinski definition) is 3. The normalized spacial score (nSPS) is 11.2. The number of benzene rings is 1. The molecule has 2 rings (SSSR count). The van der Waals surface area contributed by atoms with Crippen LogP contribution in [0.25, 0.3) is 0 Å². The Morgan fingerprint density at radius 3 is 2.67 bits per heavy atom. The second-order valence-electron chi connectivity index (χ2n) is 6.03. The molecule has 0 spiro atoms. The molecule has 0 saturated heterocycles. The zero-order valence-corrected chi connectivity index (χ0v) is 12.7. The van der Waals surface area contributed by atoms with E-state index in [-0.39, 0.29) is 11.3 Å². The Morgan fingerprint density at radius 1 is 1.24 bits per heavy atom. The van der Waals surface area contributed by atoms with Crippen molar-refractivity contribution in [3.63, 3.8) is 0 Å². The first-order valence-electron chi connectivity index (χ1n) is 6.89. The van der Waals surface area contributed by atoms with Crippen molar-refractivity contribution in [3.8, 4) is 5.75 Å². The number of aromatic nitrogens is 1. The van der Waals surface area contributed by atoms with Gasteiger partial charge in [-0.05, 0) is 40.8 Å². The average Bonchev–Trinajstić information content (AvgIpc) is 2.45. The quantitative estimate of drug-likeness (QED) is 0.668. The molecule has 1 aromatic carbocycles. The van der Waals surface area contributed by atoms with E-state index in [9.17, 15) is 0 Å². The van der Waals surface area contributed by atoms with Crippen molar-refractivity contribution >= 4 is 5.84 Å². The predicted octanol–water partition coefficient (Wildman–Crippen LogP) is 3.24. The molecule has 0 amide bonds. The summed E-state index contributed by atoms with van der Waals surface area (Å²) in [7, 11) is 0. The van der Waals surface area contributed by atoms with Gasteiger partial charge in [0.1, 0.15) is 23.9 Å². The van der Waals surface area contributed by atoms with Crippen LogP contribution in [0.5, 0.6) is 5.75 Å². The summed E-state index contributed by atoms with van der Waals surface area (Å²) < 4.78 is 5.82. The number of nitrogens with zero attached hydrogens (tertiary/aromatic N) is 1. The predicted molar refractivity (Wildman–Crippen MR) is 84.7 cm³/mol. The van der Waals surface area contributed by atoms with Gasteiger partial charge < -0.3 is 10.5 Å². The Labute approximate surface area is 125 Å². The van der Waals surface area contributed by atoms with Gasteiger partial charge in [-0.15, -0.1) is 0 Å². The third-order valence-corrected chi connectivity index (χ3v) is 3.21. The molecule has 2 aromatic rings. The molecule has 110 valence electrons. The second kappa shape index (κ2) is 5.95. The van der Waals surface area contributed by atoms with E-state index in [1.807, 2.05) is 18.2 Å². The van der Waals surface area contributed by atoms with Gasteiger partial charge in [0, 0.05) is 6.20 Å². The summed E-state index contributed by atoms with van der Waals surface area (Å²) >= 11 is 0. The van der Waals surface area contributed by atoms with Crippen molar-refractivity contribution in [2.24, 2.45) is 5.73 Å². The first kappa shape index (κ1) is 15.0. The molecular formula is C17H21N3O. The van der Waals surface area contributed by atoms with Crippen LogP contribution in [-0.4, -0.2) is 10.8 Å². The van der Waals surface area contributed by atoms with Gasteiger partial charge in [-0.3, -0.25) is 10.4 Å². The van der Waals surface area contributed by atoms with E-state index in [4.69, 9.17) is 15.9 Å². The maximum atomic E-state index is 7.40. The van der Waals surface area contributed by atoms with Crippen LogP contribution in [0, 0.1) is 5.41 Å². The summed E-state index contributed by atoms with van der Waals surface area (Å²) in [5, 5.41) is 7.40. The number of amidine groups is 1. The fraction of sp³-hybridized carbons (Fsp3) is 0.294. The van der Waals surface area contributed by atoms with Gasteiger partial charge in [-0.1, -0.05) is 32.9 Å². The van der Waals surface area contributed by atoms with Crippen LogP contribution < -0.4 is 10.5 Å². The minimum absolute atomic E-state index is 0.0356. The van der Waals surface area contributed by atoms with E-state index < -0.39 is 0 Å². The molecule has 4 nitrogen and oxygen atoms in total. The van der Waals surface area contributed by atoms with E-state index in [2.05, 4.69) is 37.9 Å². The van der Waals surface area contributed by atoms with Crippen LogP contribution in [-0.2, 0) is 12.0 Å². The van der Waals surface area contributed by atoms with Crippen molar-refractivity contribution < 1.29 is 4.74 Å². The average molecular weight is 283 g/mol. The summed E-state index contributed by atoms with van der Waals surface area (Å²) in [6, 6.07) is 11.8. The molecule has 1 aromatic heterocycles. The molecule has 0 aliphatic rings. The van der Waals surface area contributed by atoms with Crippen LogP contribution in [0.1, 0.15) is 37.6 Å². The van der Waals surface area contributed by atoms with Crippen molar-refractivity contribution in [3.05, 3.63) is 59.4 Å². The SMILES string of the molecule is CC(C)(C)c1cccc(OCc2ccnc(C(=N)N)c2)c1. The largest absolute Gasteiger partial charge is 0.489 e. The summed E-state index contributed by atoms with van der Waals surface area (Å²) in [5.74, 6) is 0.801. The minimum atomic E-state index is -0.0356. The molecule has 0 saturated carbocycles. The van der Waals surface area contributed by atoms with E-state index in [1.165, 1.54) is 5.56 Å². The third-order valence-electron chi connectivity index (χ3n) is 3.21. The van der Waals surface area contributed by atoms with Crippen molar-refractivity contribution in [2.75, 3.05) is 0 Å². The van der Waals surface area contributed by atoms with Gasteiger partial charge in [-0.25, -0.2) is 0 Å². The number of nitrogens with two attached hydrogens (primary N) is 1. The van der Waals surface area contributed by atoms with E-state index in [1.54, 1.807) is 12.3 Å². The number of rotatable bonds is 4. The fourth-order valence-electron chi connectivity index (χ4n) is 1.93. The molecule has 0 radical (unpaired) electrons. The molecule has 0 atom stereocenters. The number of nitrogen functional groups attached to an aromatic ring is 1. The molecule has 0 bridgehead atoms. The summed E-state index contributed by atoms with van der Waals surface area (Å²) in [6.45, 7) is 6.95. The van der Waals surface area contributed by atoms with Crippen molar-refractivity contribution in [1.29, 1.82) is 5.41 Å². The Hall–Kier alpha value is -2.36. The first-order valence-corrected chi connectivity index (χ1v) is 6.89. The van der Waals surface area contributed by atoms with E-state index in [0.717, 1.165) is 11.3 Å². The highest BCUT2D eigenvalue weighted by molar-refractivity contribution is 5.93. The topological polar surface area (TPSA) is 72.0 Å². The van der Waals surface area contributed by atoms with Gasteiger partial charge in [0.05, 0.1) is 0 Å². The van der Waals surface area contributed by atoms with Gasteiger partial charge in [-0.2, -0.15) is 0 Å². The van der Waals surface area contributed by atoms with Gasteiger partial charge in [0.25, 0.3) is 0 Å². The van der Waals surface area contributed by atoms with Crippen LogP contribution in [0.15, 0.2) is 42.6 Å². The highest BCUT2D eigenvalue weighted by Crippen LogP contribution is 2.25. The maximum absolute atomic E-state index is 7.40. The molecule has 0 fully saturated rings. The lowest BCUT2D eigenvalue weighted by atomic mass is 9.87. The Balaban J connectivity index is 2.10. The second-order valence-corrected chi connectivity index (χ2v) is 6.03. The van der Waals surface area contributed by atoms with Crippen LogP contribution in [0.4, 0.5) is 0 Å². The Bertz CT molecular complexity index is 644. The number of nitrogens with one attached hydrogen (secondary N) is 1. The fourth-order valence-corrected chi connectivity index (χ4v) is 1.93. The summed E-state index contributed by atoms with van der Waals surface area (Å²) in [5.41, 5.74) is 8.18. The molecule has 0 unspecified atom stereocenters. The first-order chi connectivity index (χ1) is 9.86. The lowest BCUT2D eigenvalue weighted by molar-refractivity contribution is 0.305. The highest BCUT2D eigenvalue weighted by Gasteiger charge is 2.13. The number of hydrogen-bond donors (Lipinski definition) is 2. The summed E-state index contributed by atoms with van der Waals surface area (Å²) in [6.07, 6.45) is 1.64. The highest BCUT2D eigenvalue weighted by atomic mass is 16.5. The lowest BCUT2D eigenvalue weighted by Crippen LogP contribution is -2.13. The molecule has 21 heavy (non-hydrogen) atoms. The molecule has 1 heterocycles. The van der Waals surface area contributed by atoms with Gasteiger partial charge in [0.2, 0.25) is 0 Å². The zero-order valence-electron chi connectivity index (χ0n) is 12.7. The van der Waals surface area contributed by atoms with E-state index in [0.29, 0.717) is 12.3 Å². The van der Waals surface area contributed by atoms with Crippen LogP contribution >= 0.6 is 0 Å². The third kappa shape index (κ3) is 4.05. The van der Waals surface area contributed by atoms with Gasteiger partial charge in [0.15, 0.2) is 0 Å². The van der Waals surface area contributed by atoms with Crippen molar-refractivity contribution in [1.82, 2.24) is 4.98 Å². The maximum Gasteiger partial charge on any atom is 0.141 e. The molecule has 3 N–H and O–H groups in total. The molecular weight excluding hydrogens is 262 g/mol. The van der Waals surface area contributed by atoms with Gasteiger partial charge >= 0.3 is 0 Å². The number of pyridine rings is 1. The van der Waals surface area contributed by atoms with E-state index >= 15 is 0 Å². The van der Waals surface area contributed by atoms with Crippen LogP contribution in [0.3, 0.4) is 0 Å². The van der Waals surface area contributed by atoms with Crippen LogP contribution in [0.2, 0.25) is 0 Å². The standard InChI is InChI=1S/C17H21N3O/c1-17(2,3)13-5-4-6-14(10-13)21-11-12-7-8-20-15(9-12)16(18)19/h4-10H,11H2,1-3H3,(H3,18,19). The zero-order chi connectivity index (χ0) is 15.5. The minimum Gasteiger partial charge on any atom is -0.489 e. The number of ether oxygens (including phenoxy) is 1. The Morgan fingerprint density at radius 2 is 2.00 bits per heavy atom. The molecule has 0 aliphatic carbocycles.